The molecule has 0 fully saturated rings. The van der Waals surface area contributed by atoms with Gasteiger partial charge in [-0.2, -0.15) is 0 Å². The third-order valence-corrected chi connectivity index (χ3v) is 4.05. The Morgan fingerprint density at radius 1 is 1.32 bits per heavy atom. The third kappa shape index (κ3) is 2.94. The van der Waals surface area contributed by atoms with Crippen LogP contribution >= 0.6 is 0 Å². The van der Waals surface area contributed by atoms with Crippen LogP contribution in [-0.2, 0) is 23.6 Å². The van der Waals surface area contributed by atoms with Crippen LogP contribution in [0, 0.1) is 5.82 Å². The van der Waals surface area contributed by atoms with Gasteiger partial charge in [-0.05, 0) is 30.3 Å². The van der Waals surface area contributed by atoms with Gasteiger partial charge in [-0.1, -0.05) is 0 Å². The summed E-state index contributed by atoms with van der Waals surface area (Å²) >= 11 is 0. The van der Waals surface area contributed by atoms with Crippen molar-refractivity contribution >= 4 is 15.7 Å². The van der Waals surface area contributed by atoms with E-state index in [4.69, 9.17) is 5.73 Å². The fourth-order valence-corrected chi connectivity index (χ4v) is 2.81. The molecule has 0 spiro atoms. The van der Waals surface area contributed by atoms with Crippen LogP contribution in [0.3, 0.4) is 0 Å². The first-order chi connectivity index (χ1) is 8.92. The Morgan fingerprint density at radius 2 is 1.95 bits per heavy atom. The summed E-state index contributed by atoms with van der Waals surface area (Å²) in [5.74, 6) is -0.423. The quantitative estimate of drug-likeness (QED) is 0.891. The minimum Gasteiger partial charge on any atom is -0.352 e. The Labute approximate surface area is 110 Å². The van der Waals surface area contributed by atoms with Crippen LogP contribution < -0.4 is 10.5 Å². The molecule has 1 heterocycles. The topological polar surface area (TPSA) is 77.1 Å². The maximum absolute atomic E-state index is 12.8. The first-order valence-electron chi connectivity index (χ1n) is 5.56. The van der Waals surface area contributed by atoms with Crippen LogP contribution in [0.15, 0.2) is 41.4 Å². The molecule has 7 heteroatoms. The Morgan fingerprint density at radius 3 is 2.47 bits per heavy atom. The molecule has 0 saturated heterocycles. The van der Waals surface area contributed by atoms with Crippen molar-refractivity contribution in [3.63, 3.8) is 0 Å². The zero-order valence-corrected chi connectivity index (χ0v) is 11.1. The number of aryl methyl sites for hydroxylation is 1. The van der Waals surface area contributed by atoms with Crippen molar-refractivity contribution in [2.24, 2.45) is 12.8 Å². The number of halogens is 1. The van der Waals surface area contributed by atoms with E-state index in [1.165, 1.54) is 36.5 Å². The minimum absolute atomic E-state index is 0.125. The molecule has 0 amide bonds. The van der Waals surface area contributed by atoms with E-state index in [0.29, 0.717) is 11.4 Å². The van der Waals surface area contributed by atoms with Crippen molar-refractivity contribution < 1.29 is 12.8 Å². The summed E-state index contributed by atoms with van der Waals surface area (Å²) in [5, 5.41) is 0. The van der Waals surface area contributed by atoms with E-state index in [-0.39, 0.29) is 11.4 Å². The van der Waals surface area contributed by atoms with Crippen molar-refractivity contribution in [3.8, 4) is 0 Å². The van der Waals surface area contributed by atoms with Crippen molar-refractivity contribution in [2.75, 3.05) is 4.72 Å². The van der Waals surface area contributed by atoms with E-state index >= 15 is 0 Å². The van der Waals surface area contributed by atoms with Crippen LogP contribution in [0.2, 0.25) is 0 Å². The molecular weight excluding hydrogens is 269 g/mol. The number of hydrogen-bond donors (Lipinski definition) is 2. The number of hydrogen-bond acceptors (Lipinski definition) is 3. The second-order valence-electron chi connectivity index (χ2n) is 4.09. The zero-order chi connectivity index (χ0) is 14.0. The third-order valence-electron chi connectivity index (χ3n) is 2.70. The molecule has 0 radical (unpaired) electrons. The van der Waals surface area contributed by atoms with Gasteiger partial charge in [0, 0.05) is 31.2 Å². The second-order valence-corrected chi connectivity index (χ2v) is 5.78. The van der Waals surface area contributed by atoms with Crippen LogP contribution in [0.1, 0.15) is 5.69 Å². The van der Waals surface area contributed by atoms with Gasteiger partial charge in [-0.3, -0.25) is 4.72 Å². The summed E-state index contributed by atoms with van der Waals surface area (Å²) in [6, 6.07) is 6.60. The summed E-state index contributed by atoms with van der Waals surface area (Å²) in [7, 11) is -1.97. The highest BCUT2D eigenvalue weighted by Crippen LogP contribution is 2.18. The molecule has 0 saturated carbocycles. The van der Waals surface area contributed by atoms with Crippen molar-refractivity contribution in [1.82, 2.24) is 4.57 Å². The highest BCUT2D eigenvalue weighted by Gasteiger charge is 2.17. The lowest BCUT2D eigenvalue weighted by Gasteiger charge is -2.05. The van der Waals surface area contributed by atoms with E-state index in [0.717, 1.165) is 0 Å². The van der Waals surface area contributed by atoms with Crippen molar-refractivity contribution in [3.05, 3.63) is 48.0 Å². The molecule has 0 bridgehead atoms. The fraction of sp³-hybridized carbons (Fsp3) is 0.167. The van der Waals surface area contributed by atoms with Gasteiger partial charge in [0.2, 0.25) is 0 Å². The smallest absolute Gasteiger partial charge is 0.263 e. The summed E-state index contributed by atoms with van der Waals surface area (Å²) in [6.07, 6.45) is 1.48. The molecule has 3 N–H and O–H groups in total. The van der Waals surface area contributed by atoms with Crippen LogP contribution in [0.4, 0.5) is 10.1 Å². The highest BCUT2D eigenvalue weighted by molar-refractivity contribution is 7.92. The highest BCUT2D eigenvalue weighted by atomic mass is 32.2. The van der Waals surface area contributed by atoms with Gasteiger partial charge in [-0.25, -0.2) is 12.8 Å². The summed E-state index contributed by atoms with van der Waals surface area (Å²) < 4.78 is 41.0. The molecule has 2 rings (SSSR count). The van der Waals surface area contributed by atoms with E-state index in [1.807, 2.05) is 0 Å². The monoisotopic (exact) mass is 283 g/mol. The lowest BCUT2D eigenvalue weighted by atomic mass is 10.3. The lowest BCUT2D eigenvalue weighted by molar-refractivity contribution is 0.601. The molecule has 2 aromatic rings. The lowest BCUT2D eigenvalue weighted by Crippen LogP contribution is -2.12. The van der Waals surface area contributed by atoms with Gasteiger partial charge in [0.1, 0.15) is 10.7 Å². The maximum Gasteiger partial charge on any atom is 0.263 e. The number of rotatable bonds is 4. The van der Waals surface area contributed by atoms with Gasteiger partial charge in [-0.15, -0.1) is 0 Å². The summed E-state index contributed by atoms with van der Waals surface area (Å²) in [5.41, 5.74) is 6.51. The molecule has 19 heavy (non-hydrogen) atoms. The number of nitrogens with one attached hydrogen (secondary N) is 1. The second kappa shape index (κ2) is 5.02. The van der Waals surface area contributed by atoms with Gasteiger partial charge in [0.05, 0.1) is 0 Å². The van der Waals surface area contributed by atoms with Crippen molar-refractivity contribution in [2.45, 2.75) is 11.4 Å². The average Bonchev–Trinajstić information content (AvgIpc) is 2.74. The fourth-order valence-electron chi connectivity index (χ4n) is 1.66. The van der Waals surface area contributed by atoms with Crippen molar-refractivity contribution in [1.29, 1.82) is 0 Å². The molecule has 1 aromatic heterocycles. The van der Waals surface area contributed by atoms with Crippen LogP contribution in [0.25, 0.3) is 0 Å². The molecule has 1 aromatic carbocycles. The average molecular weight is 283 g/mol. The predicted octanol–water partition coefficient (Wildman–Crippen LogP) is 1.42. The van der Waals surface area contributed by atoms with Gasteiger partial charge >= 0.3 is 0 Å². The Balaban J connectivity index is 2.29. The molecule has 0 unspecified atom stereocenters. The van der Waals surface area contributed by atoms with E-state index in [2.05, 4.69) is 4.72 Å². The number of benzene rings is 1. The van der Waals surface area contributed by atoms with Crippen LogP contribution in [-0.4, -0.2) is 13.0 Å². The molecule has 0 atom stereocenters. The number of sulfonamides is 1. The number of aromatic nitrogens is 1. The minimum atomic E-state index is -3.69. The van der Waals surface area contributed by atoms with E-state index in [1.54, 1.807) is 11.6 Å². The molecule has 102 valence electrons. The largest absolute Gasteiger partial charge is 0.352 e. The van der Waals surface area contributed by atoms with Crippen LogP contribution in [0.5, 0.6) is 0 Å². The van der Waals surface area contributed by atoms with Gasteiger partial charge in [0.25, 0.3) is 10.0 Å². The Bertz CT molecular complexity index is 678. The summed E-state index contributed by atoms with van der Waals surface area (Å²) in [4.78, 5) is 0.125. The van der Waals surface area contributed by atoms with Gasteiger partial charge < -0.3 is 10.3 Å². The Hall–Kier alpha value is -1.86. The zero-order valence-electron chi connectivity index (χ0n) is 10.3. The molecule has 0 aliphatic rings. The SMILES string of the molecule is Cn1cc(S(=O)(=O)Nc2ccc(F)cc2)cc1CN. The Kier molecular flexibility index (Phi) is 3.59. The van der Waals surface area contributed by atoms with E-state index < -0.39 is 15.8 Å². The maximum atomic E-state index is 12.8. The molecule has 0 aliphatic heterocycles. The number of nitrogens with zero attached hydrogens (tertiary/aromatic N) is 1. The predicted molar refractivity (Wildman–Crippen MR) is 70.5 cm³/mol. The summed E-state index contributed by atoms with van der Waals surface area (Å²) in [6.45, 7) is 0.253. The molecular formula is C12H14FN3O2S. The number of nitrogens with two attached hydrogens (primary N) is 1. The van der Waals surface area contributed by atoms with Gasteiger partial charge in [0.15, 0.2) is 0 Å². The standard InChI is InChI=1S/C12H14FN3O2S/c1-16-8-12(6-11(16)7-14)19(17,18)15-10-4-2-9(13)3-5-10/h2-6,8,15H,7,14H2,1H3. The first-order valence-corrected chi connectivity index (χ1v) is 7.04. The normalized spacial score (nSPS) is 11.5. The van der Waals surface area contributed by atoms with E-state index in [9.17, 15) is 12.8 Å². The molecule has 5 nitrogen and oxygen atoms in total. The molecule has 0 aliphatic carbocycles. The first kappa shape index (κ1) is 13.6. The number of anilines is 1.